The fourth-order valence-electron chi connectivity index (χ4n) is 2.55. The van der Waals surface area contributed by atoms with Crippen LogP contribution in [0.1, 0.15) is 28.4 Å². The number of aliphatic hydroxyl groups excluding tert-OH is 1. The van der Waals surface area contributed by atoms with Crippen LogP contribution in [-0.2, 0) is 6.42 Å². The largest absolute Gasteiger partial charge is 0.394 e. The molecule has 2 rings (SSSR count). The van der Waals surface area contributed by atoms with Gasteiger partial charge in [-0.3, -0.25) is 4.79 Å². The fraction of sp³-hybridized carbons (Fsp3) is 0.263. The van der Waals surface area contributed by atoms with Crippen LogP contribution in [0.15, 0.2) is 48.5 Å². The molecule has 2 aromatic rings. The Morgan fingerprint density at radius 1 is 1.12 bits per heavy atom. The number of amides is 2. The van der Waals surface area contributed by atoms with Gasteiger partial charge in [-0.25, -0.2) is 4.79 Å². The lowest BCUT2D eigenvalue weighted by Crippen LogP contribution is -2.41. The molecule has 0 saturated heterocycles. The number of carbonyl (C=O) groups excluding carboxylic acids is 2. The molecular formula is C19H22N2O3. The Morgan fingerprint density at radius 3 is 2.42 bits per heavy atom. The Morgan fingerprint density at radius 2 is 1.83 bits per heavy atom. The predicted octanol–water partition coefficient (Wildman–Crippen LogP) is 2.92. The van der Waals surface area contributed by atoms with Gasteiger partial charge in [0.1, 0.15) is 0 Å². The van der Waals surface area contributed by atoms with E-state index in [1.165, 1.54) is 6.92 Å². The number of urea groups is 1. The van der Waals surface area contributed by atoms with Gasteiger partial charge in [0.2, 0.25) is 0 Å². The molecule has 126 valence electrons. The van der Waals surface area contributed by atoms with Crippen molar-refractivity contribution in [2.24, 2.45) is 0 Å². The Labute approximate surface area is 141 Å². The number of Topliss-reactive ketones (excluding diaryl/α,β-unsaturated/α-hetero) is 1. The highest BCUT2D eigenvalue weighted by Crippen LogP contribution is 2.15. The predicted molar refractivity (Wildman–Crippen MR) is 94.4 cm³/mol. The van der Waals surface area contributed by atoms with Crippen LogP contribution in [0.4, 0.5) is 10.5 Å². The molecule has 0 radical (unpaired) electrons. The number of nitrogens with one attached hydrogen (secondary N) is 2. The molecule has 0 aliphatic heterocycles. The topological polar surface area (TPSA) is 78.4 Å². The quantitative estimate of drug-likeness (QED) is 0.714. The highest BCUT2D eigenvalue weighted by molar-refractivity contribution is 5.96. The maximum Gasteiger partial charge on any atom is 0.319 e. The van der Waals surface area contributed by atoms with Gasteiger partial charge in [-0.1, -0.05) is 30.3 Å². The van der Waals surface area contributed by atoms with Crippen molar-refractivity contribution in [3.05, 3.63) is 65.2 Å². The minimum atomic E-state index is -0.389. The van der Waals surface area contributed by atoms with Gasteiger partial charge in [0.25, 0.3) is 0 Å². The van der Waals surface area contributed by atoms with E-state index in [4.69, 9.17) is 0 Å². The van der Waals surface area contributed by atoms with Gasteiger partial charge in [0.15, 0.2) is 5.78 Å². The van der Waals surface area contributed by atoms with Gasteiger partial charge in [0.05, 0.1) is 12.6 Å². The van der Waals surface area contributed by atoms with Gasteiger partial charge >= 0.3 is 6.03 Å². The van der Waals surface area contributed by atoms with E-state index in [-0.39, 0.29) is 24.5 Å². The summed E-state index contributed by atoms with van der Waals surface area (Å²) in [5.74, 6) is -0.00768. The lowest BCUT2D eigenvalue weighted by Gasteiger charge is -2.17. The van der Waals surface area contributed by atoms with Crippen molar-refractivity contribution in [3.8, 4) is 0 Å². The van der Waals surface area contributed by atoms with Gasteiger partial charge in [0, 0.05) is 11.3 Å². The molecule has 5 heteroatoms. The Balaban J connectivity index is 1.96. The SMILES string of the molecule is CC(=O)c1ccc(NC(=O)N[C@H](CO)Cc2ccccc2)cc1C. The zero-order chi connectivity index (χ0) is 17.5. The highest BCUT2D eigenvalue weighted by Gasteiger charge is 2.13. The minimum absolute atomic E-state index is 0.00768. The first-order valence-corrected chi connectivity index (χ1v) is 7.83. The number of rotatable bonds is 6. The van der Waals surface area contributed by atoms with E-state index in [2.05, 4.69) is 10.6 Å². The standard InChI is InChI=1S/C19H22N2O3/c1-13-10-16(8-9-18(13)14(2)23)20-19(24)21-17(12-22)11-15-6-4-3-5-7-15/h3-10,17,22H,11-12H2,1-2H3,(H2,20,21,24)/t17-/m0/s1. The molecule has 2 aromatic carbocycles. The van der Waals surface area contributed by atoms with Crippen LogP contribution in [0.25, 0.3) is 0 Å². The van der Waals surface area contributed by atoms with Crippen molar-refractivity contribution in [2.75, 3.05) is 11.9 Å². The summed E-state index contributed by atoms with van der Waals surface area (Å²) in [6, 6.07) is 14.0. The summed E-state index contributed by atoms with van der Waals surface area (Å²) < 4.78 is 0. The molecule has 0 aliphatic carbocycles. The van der Waals surface area contributed by atoms with Crippen LogP contribution < -0.4 is 10.6 Å². The van der Waals surface area contributed by atoms with E-state index in [0.717, 1.165) is 11.1 Å². The van der Waals surface area contributed by atoms with Gasteiger partial charge in [-0.2, -0.15) is 0 Å². The molecule has 0 bridgehead atoms. The van der Waals surface area contributed by atoms with Crippen molar-refractivity contribution < 1.29 is 14.7 Å². The molecule has 2 amide bonds. The molecule has 0 heterocycles. The fourth-order valence-corrected chi connectivity index (χ4v) is 2.55. The van der Waals surface area contributed by atoms with Crippen molar-refractivity contribution in [2.45, 2.75) is 26.3 Å². The molecule has 0 unspecified atom stereocenters. The van der Waals surface area contributed by atoms with Crippen LogP contribution in [0.3, 0.4) is 0 Å². The first-order chi connectivity index (χ1) is 11.5. The molecular weight excluding hydrogens is 304 g/mol. The van der Waals surface area contributed by atoms with Gasteiger partial charge in [-0.05, 0) is 49.6 Å². The first-order valence-electron chi connectivity index (χ1n) is 7.83. The summed E-state index contributed by atoms with van der Waals surface area (Å²) >= 11 is 0. The first kappa shape index (κ1) is 17.7. The number of anilines is 1. The Hall–Kier alpha value is -2.66. The number of benzene rings is 2. The number of aryl methyl sites for hydroxylation is 1. The Kier molecular flexibility index (Phi) is 6.09. The highest BCUT2D eigenvalue weighted by atomic mass is 16.3. The number of aliphatic hydroxyl groups is 1. The van der Waals surface area contributed by atoms with Crippen LogP contribution in [0, 0.1) is 6.92 Å². The summed E-state index contributed by atoms with van der Waals surface area (Å²) in [4.78, 5) is 23.5. The van der Waals surface area contributed by atoms with E-state index in [1.807, 2.05) is 37.3 Å². The number of carbonyl (C=O) groups is 2. The van der Waals surface area contributed by atoms with Crippen LogP contribution >= 0.6 is 0 Å². The summed E-state index contributed by atoms with van der Waals surface area (Å²) in [5.41, 5.74) is 3.09. The third-order valence-corrected chi connectivity index (χ3v) is 3.74. The van der Waals surface area contributed by atoms with E-state index < -0.39 is 0 Å². The molecule has 0 aliphatic rings. The van der Waals surface area contributed by atoms with Crippen molar-refractivity contribution in [3.63, 3.8) is 0 Å². The third-order valence-electron chi connectivity index (χ3n) is 3.74. The second-order valence-corrected chi connectivity index (χ2v) is 5.75. The lowest BCUT2D eigenvalue weighted by molar-refractivity contribution is 0.101. The average Bonchev–Trinajstić information content (AvgIpc) is 2.54. The lowest BCUT2D eigenvalue weighted by atomic mass is 10.0. The smallest absolute Gasteiger partial charge is 0.319 e. The molecule has 0 aromatic heterocycles. The van der Waals surface area contributed by atoms with Crippen LogP contribution in [0.2, 0.25) is 0 Å². The Bertz CT molecular complexity index is 714. The van der Waals surface area contributed by atoms with Gasteiger partial charge in [-0.15, -0.1) is 0 Å². The summed E-state index contributed by atoms with van der Waals surface area (Å²) in [6.07, 6.45) is 0.549. The molecule has 0 spiro atoms. The van der Waals surface area contributed by atoms with E-state index >= 15 is 0 Å². The number of ketones is 1. The monoisotopic (exact) mass is 326 g/mol. The second-order valence-electron chi connectivity index (χ2n) is 5.75. The molecule has 24 heavy (non-hydrogen) atoms. The van der Waals surface area contributed by atoms with E-state index in [9.17, 15) is 14.7 Å². The summed E-state index contributed by atoms with van der Waals surface area (Å²) in [5, 5.41) is 14.9. The molecule has 0 fully saturated rings. The molecule has 0 saturated carbocycles. The van der Waals surface area contributed by atoms with Crippen LogP contribution in [0.5, 0.6) is 0 Å². The third kappa shape index (κ3) is 4.93. The van der Waals surface area contributed by atoms with E-state index in [0.29, 0.717) is 17.7 Å². The summed E-state index contributed by atoms with van der Waals surface area (Å²) in [6.45, 7) is 3.19. The molecule has 5 nitrogen and oxygen atoms in total. The maximum atomic E-state index is 12.1. The van der Waals surface area contributed by atoms with Crippen molar-refractivity contribution in [1.29, 1.82) is 0 Å². The average molecular weight is 326 g/mol. The van der Waals surface area contributed by atoms with Gasteiger partial charge < -0.3 is 15.7 Å². The minimum Gasteiger partial charge on any atom is -0.394 e. The van der Waals surface area contributed by atoms with E-state index in [1.54, 1.807) is 18.2 Å². The van der Waals surface area contributed by atoms with Crippen molar-refractivity contribution in [1.82, 2.24) is 5.32 Å². The van der Waals surface area contributed by atoms with Crippen LogP contribution in [-0.4, -0.2) is 29.6 Å². The van der Waals surface area contributed by atoms with Crippen molar-refractivity contribution >= 4 is 17.5 Å². The summed E-state index contributed by atoms with van der Waals surface area (Å²) in [7, 11) is 0. The zero-order valence-corrected chi connectivity index (χ0v) is 13.9. The molecule has 3 N–H and O–H groups in total. The second kappa shape index (κ2) is 8.26. The zero-order valence-electron chi connectivity index (χ0n) is 13.9. The molecule has 1 atom stereocenters. The number of hydrogen-bond acceptors (Lipinski definition) is 3. The normalized spacial score (nSPS) is 11.6. The maximum absolute atomic E-state index is 12.1. The number of hydrogen-bond donors (Lipinski definition) is 3.